The summed E-state index contributed by atoms with van der Waals surface area (Å²) in [6.45, 7) is 0.647. The first-order valence-electron chi connectivity index (χ1n) is 8.94. The van der Waals surface area contributed by atoms with Crippen LogP contribution in [0.2, 0.25) is 0 Å². The molecule has 0 radical (unpaired) electrons. The molecule has 10 heteroatoms. The van der Waals surface area contributed by atoms with Crippen LogP contribution in [0.3, 0.4) is 0 Å². The van der Waals surface area contributed by atoms with Crippen LogP contribution in [0.4, 0.5) is 13.2 Å². The summed E-state index contributed by atoms with van der Waals surface area (Å²) in [6.07, 6.45) is -2.17. The van der Waals surface area contributed by atoms with Crippen LogP contribution in [0.5, 0.6) is 0 Å². The molecule has 148 valence electrons. The molecule has 3 aromatic rings. The molecule has 3 heterocycles. The number of amides is 1. The topological polar surface area (TPSA) is 75.6 Å². The van der Waals surface area contributed by atoms with Gasteiger partial charge in [0.05, 0.1) is 10.6 Å². The van der Waals surface area contributed by atoms with Crippen molar-refractivity contribution in [1.29, 1.82) is 0 Å². The lowest BCUT2D eigenvalue weighted by molar-refractivity contribution is -0.141. The number of thiophene rings is 1. The molecule has 1 saturated carbocycles. The van der Waals surface area contributed by atoms with Gasteiger partial charge in [0, 0.05) is 24.7 Å². The second-order valence-corrected chi connectivity index (χ2v) is 7.65. The van der Waals surface area contributed by atoms with Crippen molar-refractivity contribution in [2.75, 3.05) is 6.54 Å². The molecule has 0 unspecified atom stereocenters. The molecule has 1 amide bonds. The van der Waals surface area contributed by atoms with Gasteiger partial charge in [0.2, 0.25) is 0 Å². The summed E-state index contributed by atoms with van der Waals surface area (Å²) >= 11 is 1.54. The molecule has 1 fully saturated rings. The largest absolute Gasteiger partial charge is 0.435 e. The van der Waals surface area contributed by atoms with Gasteiger partial charge in [-0.15, -0.1) is 11.3 Å². The van der Waals surface area contributed by atoms with Gasteiger partial charge < -0.3 is 5.32 Å². The lowest BCUT2D eigenvalue weighted by Gasteiger charge is -2.07. The van der Waals surface area contributed by atoms with Crippen molar-refractivity contribution in [2.45, 2.75) is 37.9 Å². The Balaban J connectivity index is 1.31. The lowest BCUT2D eigenvalue weighted by atomic mass is 10.2. The molecule has 1 aliphatic carbocycles. The predicted octanol–water partition coefficient (Wildman–Crippen LogP) is 4.05. The van der Waals surface area contributed by atoms with E-state index in [0.29, 0.717) is 25.2 Å². The normalized spacial score (nSPS) is 14.4. The molecule has 2 N–H and O–H groups in total. The zero-order chi connectivity index (χ0) is 19.7. The second kappa shape index (κ2) is 7.42. The van der Waals surface area contributed by atoms with Crippen LogP contribution in [0, 0.1) is 0 Å². The minimum atomic E-state index is -4.44. The summed E-state index contributed by atoms with van der Waals surface area (Å²) in [5.41, 5.74) is 0.827. The number of aromatic amines is 1. The number of halogens is 3. The molecule has 0 bridgehead atoms. The standard InChI is InChI=1S/C18H18F3N5OS/c19-18(20,21)16-10-14(11-4-5-11)26(25-16)7-2-6-22-17(27)13-9-12(23-24-13)15-3-1-8-28-15/h1,3,8-11H,2,4-7H2,(H,22,27)(H,23,24). The zero-order valence-corrected chi connectivity index (χ0v) is 15.6. The van der Waals surface area contributed by atoms with Crippen LogP contribution < -0.4 is 5.32 Å². The number of nitrogens with one attached hydrogen (secondary N) is 2. The Morgan fingerprint density at radius 3 is 2.86 bits per heavy atom. The van der Waals surface area contributed by atoms with E-state index < -0.39 is 11.9 Å². The van der Waals surface area contributed by atoms with Gasteiger partial charge in [0.15, 0.2) is 11.4 Å². The highest BCUT2D eigenvalue weighted by Crippen LogP contribution is 2.42. The molecule has 0 atom stereocenters. The third-order valence-electron chi connectivity index (χ3n) is 4.53. The number of nitrogens with zero attached hydrogens (tertiary/aromatic N) is 3. The quantitative estimate of drug-likeness (QED) is 0.578. The summed E-state index contributed by atoms with van der Waals surface area (Å²) in [6, 6.07) is 6.66. The van der Waals surface area contributed by atoms with Gasteiger partial charge in [-0.1, -0.05) is 6.07 Å². The molecule has 0 aliphatic heterocycles. The summed E-state index contributed by atoms with van der Waals surface area (Å²) < 4.78 is 40.2. The number of carbonyl (C=O) groups excluding carboxylic acids is 1. The summed E-state index contributed by atoms with van der Waals surface area (Å²) in [7, 11) is 0. The maximum Gasteiger partial charge on any atom is 0.435 e. The maximum atomic E-state index is 12.9. The fourth-order valence-corrected chi connectivity index (χ4v) is 3.67. The predicted molar refractivity (Wildman–Crippen MR) is 98.1 cm³/mol. The number of rotatable bonds is 7. The highest BCUT2D eigenvalue weighted by atomic mass is 32.1. The number of aryl methyl sites for hydroxylation is 1. The fourth-order valence-electron chi connectivity index (χ4n) is 2.97. The van der Waals surface area contributed by atoms with E-state index in [1.807, 2.05) is 17.5 Å². The van der Waals surface area contributed by atoms with E-state index in [2.05, 4.69) is 20.6 Å². The van der Waals surface area contributed by atoms with E-state index in [9.17, 15) is 18.0 Å². The van der Waals surface area contributed by atoms with Crippen LogP contribution in [-0.2, 0) is 12.7 Å². The molecule has 6 nitrogen and oxygen atoms in total. The van der Waals surface area contributed by atoms with Crippen LogP contribution in [0.15, 0.2) is 29.6 Å². The van der Waals surface area contributed by atoms with Crippen molar-refractivity contribution >= 4 is 17.2 Å². The molecule has 28 heavy (non-hydrogen) atoms. The molecular formula is C18H18F3N5OS. The Kier molecular flexibility index (Phi) is 4.96. The SMILES string of the molecule is O=C(NCCCn1nc(C(F)(F)F)cc1C1CC1)c1cc(-c2cccs2)[nH]n1. The van der Waals surface area contributed by atoms with Crippen LogP contribution in [0.1, 0.15) is 47.1 Å². The van der Waals surface area contributed by atoms with E-state index in [1.165, 1.54) is 16.0 Å². The Bertz CT molecular complexity index is 956. The van der Waals surface area contributed by atoms with Gasteiger partial charge in [-0.05, 0) is 42.8 Å². The van der Waals surface area contributed by atoms with Crippen molar-refractivity contribution in [3.8, 4) is 10.6 Å². The Labute approximate surface area is 162 Å². The molecule has 0 spiro atoms. The van der Waals surface area contributed by atoms with Crippen LogP contribution in [0.25, 0.3) is 10.6 Å². The van der Waals surface area contributed by atoms with Gasteiger partial charge in [0.1, 0.15) is 0 Å². The van der Waals surface area contributed by atoms with Crippen molar-refractivity contribution < 1.29 is 18.0 Å². The number of aromatic nitrogens is 4. The first kappa shape index (κ1) is 18.7. The van der Waals surface area contributed by atoms with Gasteiger partial charge >= 0.3 is 6.18 Å². The first-order valence-corrected chi connectivity index (χ1v) is 9.82. The first-order chi connectivity index (χ1) is 13.4. The summed E-state index contributed by atoms with van der Waals surface area (Å²) in [5, 5.41) is 15.2. The molecule has 0 saturated heterocycles. The smallest absolute Gasteiger partial charge is 0.351 e. The van der Waals surface area contributed by atoms with Crippen LogP contribution >= 0.6 is 11.3 Å². The summed E-state index contributed by atoms with van der Waals surface area (Å²) in [5.74, 6) is -0.157. The highest BCUT2D eigenvalue weighted by Gasteiger charge is 2.37. The fraction of sp³-hybridized carbons (Fsp3) is 0.389. The Morgan fingerprint density at radius 2 is 2.18 bits per heavy atom. The van der Waals surface area contributed by atoms with Crippen molar-refractivity contribution in [2.24, 2.45) is 0 Å². The monoisotopic (exact) mass is 409 g/mol. The number of hydrogen-bond donors (Lipinski definition) is 2. The molecule has 0 aromatic carbocycles. The van der Waals surface area contributed by atoms with E-state index in [0.717, 1.165) is 29.5 Å². The van der Waals surface area contributed by atoms with Crippen molar-refractivity contribution in [3.63, 3.8) is 0 Å². The van der Waals surface area contributed by atoms with E-state index in [4.69, 9.17) is 0 Å². The Morgan fingerprint density at radius 1 is 1.36 bits per heavy atom. The molecule has 1 aliphatic rings. The summed E-state index contributed by atoms with van der Waals surface area (Å²) in [4.78, 5) is 13.2. The number of carbonyl (C=O) groups is 1. The Hall–Kier alpha value is -2.62. The number of alkyl halides is 3. The van der Waals surface area contributed by atoms with E-state index >= 15 is 0 Å². The van der Waals surface area contributed by atoms with Crippen molar-refractivity contribution in [1.82, 2.24) is 25.3 Å². The van der Waals surface area contributed by atoms with Crippen molar-refractivity contribution in [3.05, 3.63) is 46.7 Å². The van der Waals surface area contributed by atoms with E-state index in [1.54, 1.807) is 6.07 Å². The van der Waals surface area contributed by atoms with Gasteiger partial charge in [-0.2, -0.15) is 23.4 Å². The second-order valence-electron chi connectivity index (χ2n) is 6.70. The minimum absolute atomic E-state index is 0.165. The van der Waals surface area contributed by atoms with E-state index in [-0.39, 0.29) is 17.5 Å². The number of hydrogen-bond acceptors (Lipinski definition) is 4. The molecular weight excluding hydrogens is 391 g/mol. The number of H-pyrrole nitrogens is 1. The van der Waals surface area contributed by atoms with Gasteiger partial charge in [0.25, 0.3) is 5.91 Å². The minimum Gasteiger partial charge on any atom is -0.351 e. The third-order valence-corrected chi connectivity index (χ3v) is 5.43. The maximum absolute atomic E-state index is 12.9. The third kappa shape index (κ3) is 4.11. The average Bonchev–Trinajstić information content (AvgIpc) is 3.10. The van der Waals surface area contributed by atoms with Gasteiger partial charge in [-0.3, -0.25) is 14.6 Å². The molecule has 3 aromatic heterocycles. The van der Waals surface area contributed by atoms with Crippen LogP contribution in [-0.4, -0.2) is 32.4 Å². The zero-order valence-electron chi connectivity index (χ0n) is 14.8. The highest BCUT2D eigenvalue weighted by molar-refractivity contribution is 7.13. The lowest BCUT2D eigenvalue weighted by Crippen LogP contribution is -2.25. The van der Waals surface area contributed by atoms with Gasteiger partial charge in [-0.25, -0.2) is 0 Å². The average molecular weight is 409 g/mol. The molecule has 4 rings (SSSR count).